The van der Waals surface area contributed by atoms with Gasteiger partial charge in [0, 0.05) is 18.4 Å². The van der Waals surface area contributed by atoms with Crippen molar-refractivity contribution in [2.24, 2.45) is 0 Å². The summed E-state index contributed by atoms with van der Waals surface area (Å²) in [7, 11) is 0. The number of hydrogen-bond acceptors (Lipinski definition) is 3. The summed E-state index contributed by atoms with van der Waals surface area (Å²) >= 11 is 0. The summed E-state index contributed by atoms with van der Waals surface area (Å²) in [4.78, 5) is 0. The van der Waals surface area contributed by atoms with Crippen molar-refractivity contribution in [3.05, 3.63) is 23.5 Å². The average molecular weight is 227 g/mol. The smallest absolute Gasteiger partial charge is 0.167 e. The van der Waals surface area contributed by atoms with E-state index in [4.69, 9.17) is 15.2 Å². The number of rotatable bonds is 6. The van der Waals surface area contributed by atoms with E-state index in [0.29, 0.717) is 25.5 Å². The Labute approximate surface area is 95.4 Å². The number of anilines is 1. The van der Waals surface area contributed by atoms with Crippen LogP contribution in [0.5, 0.6) is 5.75 Å². The maximum absolute atomic E-state index is 13.4. The first-order valence-corrected chi connectivity index (χ1v) is 5.41. The fourth-order valence-corrected chi connectivity index (χ4v) is 1.24. The van der Waals surface area contributed by atoms with E-state index in [2.05, 4.69) is 0 Å². The van der Waals surface area contributed by atoms with E-state index < -0.39 is 5.82 Å². The summed E-state index contributed by atoms with van der Waals surface area (Å²) in [5, 5.41) is 0. The van der Waals surface area contributed by atoms with Crippen LogP contribution >= 0.6 is 0 Å². The Hall–Kier alpha value is -1.29. The Morgan fingerprint density at radius 2 is 2.00 bits per heavy atom. The van der Waals surface area contributed by atoms with Crippen LogP contribution in [0, 0.1) is 12.7 Å². The lowest BCUT2D eigenvalue weighted by Gasteiger charge is -2.09. The number of halogens is 1. The minimum atomic E-state index is -0.432. The zero-order chi connectivity index (χ0) is 12.0. The first-order valence-electron chi connectivity index (χ1n) is 5.41. The van der Waals surface area contributed by atoms with Crippen LogP contribution in [-0.4, -0.2) is 19.8 Å². The third-order valence-electron chi connectivity index (χ3n) is 2.15. The largest absolute Gasteiger partial charge is 0.488 e. The van der Waals surface area contributed by atoms with Gasteiger partial charge in [0.1, 0.15) is 6.61 Å². The van der Waals surface area contributed by atoms with Gasteiger partial charge in [-0.25, -0.2) is 4.39 Å². The first kappa shape index (κ1) is 12.8. The average Bonchev–Trinajstić information content (AvgIpc) is 2.25. The lowest BCUT2D eigenvalue weighted by Crippen LogP contribution is -2.08. The highest BCUT2D eigenvalue weighted by atomic mass is 19.1. The molecule has 0 saturated carbocycles. The number of ether oxygens (including phenoxy) is 2. The van der Waals surface area contributed by atoms with Crippen LogP contribution in [0.3, 0.4) is 0 Å². The quantitative estimate of drug-likeness (QED) is 0.600. The summed E-state index contributed by atoms with van der Waals surface area (Å²) in [5.74, 6) is -0.203. The monoisotopic (exact) mass is 227 g/mol. The molecule has 0 aliphatic carbocycles. The van der Waals surface area contributed by atoms with Gasteiger partial charge in [-0.15, -0.1) is 0 Å². The maximum atomic E-state index is 13.4. The number of nitrogen functional groups attached to an aromatic ring is 1. The molecule has 3 nitrogen and oxygen atoms in total. The van der Waals surface area contributed by atoms with Gasteiger partial charge in [0.2, 0.25) is 0 Å². The second-order valence-electron chi connectivity index (χ2n) is 3.60. The van der Waals surface area contributed by atoms with E-state index in [1.165, 1.54) is 6.07 Å². The summed E-state index contributed by atoms with van der Waals surface area (Å²) in [6.45, 7) is 5.36. The highest BCUT2D eigenvalue weighted by molar-refractivity contribution is 5.50. The van der Waals surface area contributed by atoms with Crippen molar-refractivity contribution >= 4 is 5.69 Å². The second-order valence-corrected chi connectivity index (χ2v) is 3.60. The van der Waals surface area contributed by atoms with Crippen LogP contribution in [0.1, 0.15) is 18.9 Å². The molecule has 2 N–H and O–H groups in total. The Morgan fingerprint density at radius 1 is 1.25 bits per heavy atom. The molecule has 0 atom stereocenters. The summed E-state index contributed by atoms with van der Waals surface area (Å²) < 4.78 is 23.8. The van der Waals surface area contributed by atoms with Crippen molar-refractivity contribution < 1.29 is 13.9 Å². The van der Waals surface area contributed by atoms with Crippen molar-refractivity contribution in [1.29, 1.82) is 0 Å². The topological polar surface area (TPSA) is 44.5 Å². The SMILES string of the molecule is CCCOCCOc1cc(C)c(N)cc1F. The number of aryl methyl sites for hydroxylation is 1. The predicted octanol–water partition coefficient (Wildman–Crippen LogP) is 2.52. The molecule has 0 unspecified atom stereocenters. The maximum Gasteiger partial charge on any atom is 0.167 e. The number of benzene rings is 1. The van der Waals surface area contributed by atoms with E-state index in [0.717, 1.165) is 12.0 Å². The molecule has 90 valence electrons. The molecule has 1 aromatic rings. The van der Waals surface area contributed by atoms with Crippen LogP contribution in [0.4, 0.5) is 10.1 Å². The molecule has 0 amide bonds. The molecule has 0 fully saturated rings. The molecular formula is C12H18FNO2. The van der Waals surface area contributed by atoms with Crippen LogP contribution in [0.2, 0.25) is 0 Å². The van der Waals surface area contributed by atoms with Crippen molar-refractivity contribution in [2.75, 3.05) is 25.6 Å². The molecule has 1 rings (SSSR count). The molecule has 0 heterocycles. The van der Waals surface area contributed by atoms with Crippen molar-refractivity contribution in [3.63, 3.8) is 0 Å². The van der Waals surface area contributed by atoms with E-state index in [-0.39, 0.29) is 5.75 Å². The van der Waals surface area contributed by atoms with E-state index in [9.17, 15) is 4.39 Å². The molecule has 0 aliphatic heterocycles. The predicted molar refractivity (Wildman–Crippen MR) is 62.2 cm³/mol. The van der Waals surface area contributed by atoms with Gasteiger partial charge < -0.3 is 15.2 Å². The molecule has 0 aliphatic rings. The highest BCUT2D eigenvalue weighted by Gasteiger charge is 2.06. The van der Waals surface area contributed by atoms with Crippen molar-refractivity contribution in [2.45, 2.75) is 20.3 Å². The summed E-state index contributed by atoms with van der Waals surface area (Å²) in [5.41, 5.74) is 6.81. The highest BCUT2D eigenvalue weighted by Crippen LogP contribution is 2.23. The Balaban J connectivity index is 2.45. The molecule has 4 heteroatoms. The Kier molecular flexibility index (Phi) is 5.05. The number of nitrogens with two attached hydrogens (primary N) is 1. The summed E-state index contributed by atoms with van der Waals surface area (Å²) in [6, 6.07) is 2.88. The van der Waals surface area contributed by atoms with Gasteiger partial charge in [0.05, 0.1) is 6.61 Å². The molecule has 0 saturated heterocycles. The van der Waals surface area contributed by atoms with Gasteiger partial charge >= 0.3 is 0 Å². The van der Waals surface area contributed by atoms with Crippen LogP contribution in [0.15, 0.2) is 12.1 Å². The molecule has 0 aromatic heterocycles. The lowest BCUT2D eigenvalue weighted by molar-refractivity contribution is 0.0992. The minimum Gasteiger partial charge on any atom is -0.488 e. The standard InChI is InChI=1S/C12H18FNO2/c1-3-4-15-5-6-16-12-7-9(2)11(14)8-10(12)13/h7-8H,3-6,14H2,1-2H3. The Bertz CT molecular complexity index is 342. The third kappa shape index (κ3) is 3.70. The fraction of sp³-hybridized carbons (Fsp3) is 0.500. The second kappa shape index (κ2) is 6.33. The van der Waals surface area contributed by atoms with Crippen LogP contribution < -0.4 is 10.5 Å². The molecule has 1 aromatic carbocycles. The molecule has 0 radical (unpaired) electrons. The van der Waals surface area contributed by atoms with Gasteiger partial charge in [0.15, 0.2) is 11.6 Å². The van der Waals surface area contributed by atoms with E-state index >= 15 is 0 Å². The van der Waals surface area contributed by atoms with E-state index in [1.54, 1.807) is 6.07 Å². The van der Waals surface area contributed by atoms with Gasteiger partial charge in [-0.05, 0) is 25.0 Å². The molecule has 0 bridgehead atoms. The number of hydrogen-bond donors (Lipinski definition) is 1. The van der Waals surface area contributed by atoms with Crippen molar-refractivity contribution in [1.82, 2.24) is 0 Å². The van der Waals surface area contributed by atoms with E-state index in [1.807, 2.05) is 13.8 Å². The van der Waals surface area contributed by atoms with Crippen molar-refractivity contribution in [3.8, 4) is 5.75 Å². The third-order valence-corrected chi connectivity index (χ3v) is 2.15. The Morgan fingerprint density at radius 3 is 2.69 bits per heavy atom. The molecular weight excluding hydrogens is 209 g/mol. The van der Waals surface area contributed by atoms with Gasteiger partial charge in [-0.1, -0.05) is 6.92 Å². The van der Waals surface area contributed by atoms with Gasteiger partial charge in [0.25, 0.3) is 0 Å². The lowest BCUT2D eigenvalue weighted by atomic mass is 10.2. The van der Waals surface area contributed by atoms with Crippen LogP contribution in [-0.2, 0) is 4.74 Å². The molecule has 0 spiro atoms. The van der Waals surface area contributed by atoms with Gasteiger partial charge in [-0.3, -0.25) is 0 Å². The zero-order valence-corrected chi connectivity index (χ0v) is 9.75. The zero-order valence-electron chi connectivity index (χ0n) is 9.75. The van der Waals surface area contributed by atoms with Gasteiger partial charge in [-0.2, -0.15) is 0 Å². The normalized spacial score (nSPS) is 10.4. The fourth-order valence-electron chi connectivity index (χ4n) is 1.24. The van der Waals surface area contributed by atoms with Crippen LogP contribution in [0.25, 0.3) is 0 Å². The molecule has 16 heavy (non-hydrogen) atoms. The first-order chi connectivity index (χ1) is 7.65. The summed E-state index contributed by atoms with van der Waals surface area (Å²) in [6.07, 6.45) is 0.968. The minimum absolute atomic E-state index is 0.229.